The molecule has 4 heteroatoms. The van der Waals surface area contributed by atoms with Gasteiger partial charge in [-0.1, -0.05) is 18.2 Å². The van der Waals surface area contributed by atoms with Gasteiger partial charge in [-0.15, -0.1) is 0 Å². The molecule has 1 fully saturated rings. The van der Waals surface area contributed by atoms with E-state index < -0.39 is 0 Å². The zero-order chi connectivity index (χ0) is 16.4. The molecule has 23 heavy (non-hydrogen) atoms. The lowest BCUT2D eigenvalue weighted by atomic mass is 10.1. The Labute approximate surface area is 135 Å². The second-order valence-corrected chi connectivity index (χ2v) is 6.05. The van der Waals surface area contributed by atoms with Crippen molar-refractivity contribution in [3.63, 3.8) is 0 Å². The molecule has 4 nitrogen and oxygen atoms in total. The van der Waals surface area contributed by atoms with Gasteiger partial charge in [-0.25, -0.2) is 0 Å². The quantitative estimate of drug-likeness (QED) is 0.909. The smallest absolute Gasteiger partial charge is 0.255 e. The number of hydrogen-bond acceptors (Lipinski definition) is 2. The largest absolute Gasteiger partial charge is 0.349 e. The summed E-state index contributed by atoms with van der Waals surface area (Å²) >= 11 is 0. The predicted octanol–water partition coefficient (Wildman–Crippen LogP) is 3.45. The van der Waals surface area contributed by atoms with Gasteiger partial charge in [-0.3, -0.25) is 9.59 Å². The van der Waals surface area contributed by atoms with Crippen molar-refractivity contribution in [2.24, 2.45) is 0 Å². The number of nitrogens with one attached hydrogen (secondary N) is 2. The molecular formula is C19H20N2O2. The minimum absolute atomic E-state index is 0.0748. The van der Waals surface area contributed by atoms with Gasteiger partial charge in [0.1, 0.15) is 0 Å². The molecule has 1 aliphatic rings. The van der Waals surface area contributed by atoms with Gasteiger partial charge in [0.2, 0.25) is 0 Å². The zero-order valence-electron chi connectivity index (χ0n) is 13.3. The lowest BCUT2D eigenvalue weighted by molar-refractivity contribution is 0.0949. The van der Waals surface area contributed by atoms with Crippen LogP contribution in [0.4, 0.5) is 5.69 Å². The first-order valence-electron chi connectivity index (χ1n) is 7.83. The molecular weight excluding hydrogens is 288 g/mol. The van der Waals surface area contributed by atoms with Gasteiger partial charge in [-0.2, -0.15) is 0 Å². The molecule has 0 atom stereocenters. The molecule has 0 saturated heterocycles. The van der Waals surface area contributed by atoms with E-state index in [1.165, 1.54) is 0 Å². The molecule has 0 spiro atoms. The number of benzene rings is 2. The Kier molecular flexibility index (Phi) is 4.15. The van der Waals surface area contributed by atoms with Gasteiger partial charge in [0.25, 0.3) is 11.8 Å². The second-order valence-electron chi connectivity index (χ2n) is 6.05. The number of para-hydroxylation sites is 1. The standard InChI is InChI=1S/C19H20N2O2/c1-12-4-3-5-13(2)17(12)21-19(23)15-8-6-14(7-9-15)18(22)20-16-10-11-16/h3-9,16H,10-11H2,1-2H3,(H,20,22)(H,21,23). The summed E-state index contributed by atoms with van der Waals surface area (Å²) in [5.41, 5.74) is 4.02. The monoisotopic (exact) mass is 308 g/mol. The van der Waals surface area contributed by atoms with Crippen LogP contribution in [0.1, 0.15) is 44.7 Å². The van der Waals surface area contributed by atoms with Crippen LogP contribution >= 0.6 is 0 Å². The van der Waals surface area contributed by atoms with Crippen molar-refractivity contribution in [2.75, 3.05) is 5.32 Å². The predicted molar refractivity (Wildman–Crippen MR) is 90.8 cm³/mol. The van der Waals surface area contributed by atoms with Gasteiger partial charge in [0.05, 0.1) is 0 Å². The average molecular weight is 308 g/mol. The summed E-state index contributed by atoms with van der Waals surface area (Å²) in [7, 11) is 0. The molecule has 2 N–H and O–H groups in total. The van der Waals surface area contributed by atoms with Gasteiger partial charge in [-0.05, 0) is 62.1 Å². The topological polar surface area (TPSA) is 58.2 Å². The Balaban J connectivity index is 1.71. The molecule has 0 heterocycles. The number of carbonyl (C=O) groups is 2. The van der Waals surface area contributed by atoms with Crippen molar-refractivity contribution in [1.82, 2.24) is 5.32 Å². The van der Waals surface area contributed by atoms with Crippen LogP contribution in [0.5, 0.6) is 0 Å². The highest BCUT2D eigenvalue weighted by Crippen LogP contribution is 2.21. The second kappa shape index (κ2) is 6.24. The van der Waals surface area contributed by atoms with Crippen LogP contribution in [-0.2, 0) is 0 Å². The first-order valence-corrected chi connectivity index (χ1v) is 7.83. The van der Waals surface area contributed by atoms with Crippen molar-refractivity contribution in [2.45, 2.75) is 32.7 Å². The summed E-state index contributed by atoms with van der Waals surface area (Å²) < 4.78 is 0. The molecule has 0 aliphatic heterocycles. The van der Waals surface area contributed by atoms with E-state index in [1.54, 1.807) is 24.3 Å². The van der Waals surface area contributed by atoms with E-state index in [4.69, 9.17) is 0 Å². The summed E-state index contributed by atoms with van der Waals surface area (Å²) in [6.45, 7) is 3.93. The molecule has 0 bridgehead atoms. The Morgan fingerprint density at radius 3 is 1.91 bits per heavy atom. The minimum Gasteiger partial charge on any atom is -0.349 e. The van der Waals surface area contributed by atoms with Crippen LogP contribution in [0.3, 0.4) is 0 Å². The SMILES string of the molecule is Cc1cccc(C)c1NC(=O)c1ccc(C(=O)NC2CC2)cc1. The Hall–Kier alpha value is -2.62. The van der Waals surface area contributed by atoms with Crippen LogP contribution in [0.25, 0.3) is 0 Å². The maximum absolute atomic E-state index is 12.4. The Bertz CT molecular complexity index is 726. The van der Waals surface area contributed by atoms with Gasteiger partial charge in [0.15, 0.2) is 0 Å². The fraction of sp³-hybridized carbons (Fsp3) is 0.263. The van der Waals surface area contributed by atoms with E-state index >= 15 is 0 Å². The molecule has 0 aromatic heterocycles. The van der Waals surface area contributed by atoms with E-state index in [2.05, 4.69) is 10.6 Å². The van der Waals surface area contributed by atoms with E-state index in [0.717, 1.165) is 29.7 Å². The zero-order valence-corrected chi connectivity index (χ0v) is 13.3. The first kappa shape index (κ1) is 15.3. The molecule has 2 aromatic rings. The fourth-order valence-electron chi connectivity index (χ4n) is 2.47. The highest BCUT2D eigenvalue weighted by molar-refractivity contribution is 6.05. The molecule has 1 aliphatic carbocycles. The third-order valence-electron chi connectivity index (χ3n) is 4.04. The summed E-state index contributed by atoms with van der Waals surface area (Å²) in [6.07, 6.45) is 2.12. The van der Waals surface area contributed by atoms with E-state index in [1.807, 2.05) is 32.0 Å². The number of amides is 2. The maximum Gasteiger partial charge on any atom is 0.255 e. The van der Waals surface area contributed by atoms with E-state index in [9.17, 15) is 9.59 Å². The lowest BCUT2D eigenvalue weighted by Gasteiger charge is -2.11. The number of aryl methyl sites for hydroxylation is 2. The highest BCUT2D eigenvalue weighted by Gasteiger charge is 2.23. The summed E-state index contributed by atoms with van der Waals surface area (Å²) in [5.74, 6) is -0.245. The average Bonchev–Trinajstić information content (AvgIpc) is 3.35. The van der Waals surface area contributed by atoms with E-state index in [0.29, 0.717) is 17.2 Å². The van der Waals surface area contributed by atoms with Crippen LogP contribution < -0.4 is 10.6 Å². The van der Waals surface area contributed by atoms with Crippen molar-refractivity contribution < 1.29 is 9.59 Å². The van der Waals surface area contributed by atoms with Crippen LogP contribution in [0, 0.1) is 13.8 Å². The molecule has 118 valence electrons. The fourth-order valence-corrected chi connectivity index (χ4v) is 2.47. The summed E-state index contributed by atoms with van der Waals surface area (Å²) in [6, 6.07) is 13.0. The van der Waals surface area contributed by atoms with E-state index in [-0.39, 0.29) is 11.8 Å². The van der Waals surface area contributed by atoms with Gasteiger partial charge in [0, 0.05) is 22.9 Å². The Morgan fingerprint density at radius 2 is 1.39 bits per heavy atom. The summed E-state index contributed by atoms with van der Waals surface area (Å²) in [5, 5.41) is 5.88. The highest BCUT2D eigenvalue weighted by atomic mass is 16.2. The molecule has 0 radical (unpaired) electrons. The third kappa shape index (κ3) is 3.59. The Morgan fingerprint density at radius 1 is 0.870 bits per heavy atom. The normalized spacial score (nSPS) is 13.5. The molecule has 3 rings (SSSR count). The van der Waals surface area contributed by atoms with Crippen LogP contribution in [-0.4, -0.2) is 17.9 Å². The number of carbonyl (C=O) groups excluding carboxylic acids is 2. The minimum atomic E-state index is -0.170. The van der Waals surface area contributed by atoms with Crippen molar-refractivity contribution in [3.05, 3.63) is 64.7 Å². The molecule has 2 aromatic carbocycles. The summed E-state index contributed by atoms with van der Waals surface area (Å²) in [4.78, 5) is 24.3. The first-order chi connectivity index (χ1) is 11.0. The van der Waals surface area contributed by atoms with Gasteiger partial charge >= 0.3 is 0 Å². The van der Waals surface area contributed by atoms with Crippen molar-refractivity contribution in [3.8, 4) is 0 Å². The molecule has 0 unspecified atom stereocenters. The number of anilines is 1. The number of rotatable bonds is 4. The van der Waals surface area contributed by atoms with Crippen LogP contribution in [0.15, 0.2) is 42.5 Å². The van der Waals surface area contributed by atoms with Crippen molar-refractivity contribution >= 4 is 17.5 Å². The van der Waals surface area contributed by atoms with Crippen LogP contribution in [0.2, 0.25) is 0 Å². The maximum atomic E-state index is 12.4. The number of hydrogen-bond donors (Lipinski definition) is 2. The lowest BCUT2D eigenvalue weighted by Crippen LogP contribution is -2.25. The molecule has 1 saturated carbocycles. The third-order valence-corrected chi connectivity index (χ3v) is 4.04. The molecule has 2 amide bonds. The van der Waals surface area contributed by atoms with Gasteiger partial charge < -0.3 is 10.6 Å². The van der Waals surface area contributed by atoms with Crippen molar-refractivity contribution in [1.29, 1.82) is 0 Å².